The quantitative estimate of drug-likeness (QED) is 0.818. The second kappa shape index (κ2) is 3.83. The Bertz CT molecular complexity index is 237. The van der Waals surface area contributed by atoms with Crippen LogP contribution in [0, 0.1) is 0 Å². The van der Waals surface area contributed by atoms with E-state index in [2.05, 4.69) is 27.8 Å². The van der Waals surface area contributed by atoms with Crippen LogP contribution >= 0.6 is 15.9 Å². The highest BCUT2D eigenvalue weighted by atomic mass is 79.9. The maximum atomic E-state index is 5.53. The average Bonchev–Trinajstić information content (AvgIpc) is 2.04. The van der Waals surface area contributed by atoms with Gasteiger partial charge in [-0.2, -0.15) is 0 Å². The first-order chi connectivity index (χ1) is 5.25. The van der Waals surface area contributed by atoms with E-state index in [4.69, 9.17) is 5.73 Å². The minimum absolute atomic E-state index is 0.396. The van der Waals surface area contributed by atoms with Crippen molar-refractivity contribution in [1.29, 1.82) is 0 Å². The summed E-state index contributed by atoms with van der Waals surface area (Å²) in [7, 11) is 0. The van der Waals surface area contributed by atoms with E-state index in [9.17, 15) is 0 Å². The van der Waals surface area contributed by atoms with Crippen LogP contribution in [0.2, 0.25) is 0 Å². The number of nitrogens with two attached hydrogens (primary N) is 1. The second-order valence-electron chi connectivity index (χ2n) is 2.53. The van der Waals surface area contributed by atoms with Gasteiger partial charge in [0.1, 0.15) is 0 Å². The van der Waals surface area contributed by atoms with Crippen LogP contribution in [0.4, 0.5) is 0 Å². The lowest BCUT2D eigenvalue weighted by molar-refractivity contribution is 0.768. The Hall–Kier alpha value is -0.410. The highest BCUT2D eigenvalue weighted by Crippen LogP contribution is 2.22. The van der Waals surface area contributed by atoms with E-state index in [0.29, 0.717) is 12.5 Å². The molecule has 60 valence electrons. The van der Waals surface area contributed by atoms with Crippen molar-refractivity contribution < 1.29 is 0 Å². The summed E-state index contributed by atoms with van der Waals surface area (Å²) in [5.41, 5.74) is 6.76. The number of nitrogens with zero attached hydrogens (tertiary/aromatic N) is 1. The van der Waals surface area contributed by atoms with Crippen LogP contribution in [-0.2, 0) is 0 Å². The molecule has 0 radical (unpaired) electrons. The number of halogens is 1. The van der Waals surface area contributed by atoms with E-state index >= 15 is 0 Å². The molecule has 1 aromatic rings. The summed E-state index contributed by atoms with van der Waals surface area (Å²) in [6.45, 7) is 2.77. The van der Waals surface area contributed by atoms with Gasteiger partial charge < -0.3 is 5.73 Å². The zero-order valence-corrected chi connectivity index (χ0v) is 8.01. The van der Waals surface area contributed by atoms with Gasteiger partial charge in [-0.15, -0.1) is 0 Å². The van der Waals surface area contributed by atoms with Gasteiger partial charge in [0, 0.05) is 16.9 Å². The van der Waals surface area contributed by atoms with Crippen molar-refractivity contribution in [3.05, 3.63) is 28.5 Å². The molecule has 0 amide bonds. The van der Waals surface area contributed by atoms with Crippen molar-refractivity contribution >= 4 is 15.9 Å². The fourth-order valence-corrected chi connectivity index (χ4v) is 1.55. The summed E-state index contributed by atoms with van der Waals surface area (Å²) < 4.78 is 1.04. The minimum atomic E-state index is 0.396. The largest absolute Gasteiger partial charge is 0.330 e. The van der Waals surface area contributed by atoms with Gasteiger partial charge in [0.05, 0.1) is 0 Å². The average molecular weight is 215 g/mol. The Kier molecular flexibility index (Phi) is 3.02. The fourth-order valence-electron chi connectivity index (χ4n) is 0.913. The predicted molar refractivity (Wildman–Crippen MR) is 49.4 cm³/mol. The molecule has 0 saturated heterocycles. The molecule has 0 spiro atoms. The number of hydrogen-bond donors (Lipinski definition) is 1. The summed E-state index contributed by atoms with van der Waals surface area (Å²) in [6, 6.07) is 1.99. The van der Waals surface area contributed by atoms with Crippen molar-refractivity contribution in [3.63, 3.8) is 0 Å². The van der Waals surface area contributed by atoms with Crippen molar-refractivity contribution in [2.75, 3.05) is 6.54 Å². The van der Waals surface area contributed by atoms with Crippen molar-refractivity contribution in [2.24, 2.45) is 5.73 Å². The first-order valence-corrected chi connectivity index (χ1v) is 4.34. The van der Waals surface area contributed by atoms with E-state index < -0.39 is 0 Å². The molecule has 0 aliphatic heterocycles. The number of rotatable bonds is 2. The molecule has 1 atom stereocenters. The Balaban J connectivity index is 2.93. The third kappa shape index (κ3) is 2.01. The molecule has 1 aromatic heterocycles. The van der Waals surface area contributed by atoms with Gasteiger partial charge in [-0.05, 0) is 40.0 Å². The molecule has 0 fully saturated rings. The molecule has 0 bridgehead atoms. The van der Waals surface area contributed by atoms with E-state index in [1.54, 1.807) is 12.4 Å². The van der Waals surface area contributed by atoms with E-state index in [-0.39, 0.29) is 0 Å². The van der Waals surface area contributed by atoms with Crippen LogP contribution in [0.15, 0.2) is 22.9 Å². The molecular formula is C8H11BrN2. The molecule has 1 unspecified atom stereocenters. The van der Waals surface area contributed by atoms with E-state index in [0.717, 1.165) is 4.47 Å². The molecular weight excluding hydrogens is 204 g/mol. The van der Waals surface area contributed by atoms with Crippen LogP contribution in [0.3, 0.4) is 0 Å². The van der Waals surface area contributed by atoms with E-state index in [1.807, 2.05) is 6.07 Å². The first kappa shape index (κ1) is 8.68. The van der Waals surface area contributed by atoms with Crippen molar-refractivity contribution in [2.45, 2.75) is 12.8 Å². The van der Waals surface area contributed by atoms with Crippen molar-refractivity contribution in [1.82, 2.24) is 4.98 Å². The summed E-state index contributed by atoms with van der Waals surface area (Å²) >= 11 is 3.42. The Labute approximate surface area is 75.0 Å². The highest BCUT2D eigenvalue weighted by molar-refractivity contribution is 9.10. The van der Waals surface area contributed by atoms with Gasteiger partial charge in [-0.3, -0.25) is 4.98 Å². The van der Waals surface area contributed by atoms with Crippen LogP contribution in [-0.4, -0.2) is 11.5 Å². The molecule has 1 rings (SSSR count). The lowest BCUT2D eigenvalue weighted by atomic mass is 10.0. The molecule has 1 heterocycles. The van der Waals surface area contributed by atoms with Gasteiger partial charge >= 0.3 is 0 Å². The molecule has 2 N–H and O–H groups in total. The number of aromatic nitrogens is 1. The molecule has 0 aromatic carbocycles. The van der Waals surface area contributed by atoms with Gasteiger partial charge in [0.2, 0.25) is 0 Å². The lowest BCUT2D eigenvalue weighted by Crippen LogP contribution is -2.09. The Morgan fingerprint density at radius 1 is 1.73 bits per heavy atom. The molecule has 0 aliphatic carbocycles. The zero-order valence-electron chi connectivity index (χ0n) is 6.42. The van der Waals surface area contributed by atoms with Crippen LogP contribution < -0.4 is 5.73 Å². The van der Waals surface area contributed by atoms with Gasteiger partial charge in [-0.1, -0.05) is 6.92 Å². The third-order valence-corrected chi connectivity index (χ3v) is 2.35. The molecule has 3 heteroatoms. The molecule has 11 heavy (non-hydrogen) atoms. The summed E-state index contributed by atoms with van der Waals surface area (Å²) in [6.07, 6.45) is 3.58. The third-order valence-electron chi connectivity index (χ3n) is 1.69. The van der Waals surface area contributed by atoms with E-state index in [1.165, 1.54) is 5.56 Å². The standard InChI is InChI=1S/C8H11BrN2/c1-6(4-10)7-2-3-11-5-8(7)9/h2-3,5-6H,4,10H2,1H3. The smallest absolute Gasteiger partial charge is 0.0413 e. The Morgan fingerprint density at radius 3 is 3.00 bits per heavy atom. The SMILES string of the molecule is CC(CN)c1ccncc1Br. The zero-order chi connectivity index (χ0) is 8.27. The Morgan fingerprint density at radius 2 is 2.45 bits per heavy atom. The van der Waals surface area contributed by atoms with Gasteiger partial charge in [-0.25, -0.2) is 0 Å². The predicted octanol–water partition coefficient (Wildman–Crippen LogP) is 1.91. The summed E-state index contributed by atoms with van der Waals surface area (Å²) in [4.78, 5) is 3.97. The second-order valence-corrected chi connectivity index (χ2v) is 3.39. The summed E-state index contributed by atoms with van der Waals surface area (Å²) in [5, 5.41) is 0. The summed E-state index contributed by atoms with van der Waals surface area (Å²) in [5.74, 6) is 0.396. The van der Waals surface area contributed by atoms with Crippen LogP contribution in [0.1, 0.15) is 18.4 Å². The molecule has 2 nitrogen and oxygen atoms in total. The maximum Gasteiger partial charge on any atom is 0.0413 e. The van der Waals surface area contributed by atoms with Crippen LogP contribution in [0.5, 0.6) is 0 Å². The monoisotopic (exact) mass is 214 g/mol. The maximum absolute atomic E-state index is 5.53. The first-order valence-electron chi connectivity index (χ1n) is 3.55. The molecule has 0 aliphatic rings. The van der Waals surface area contributed by atoms with Gasteiger partial charge in [0.15, 0.2) is 0 Å². The highest BCUT2D eigenvalue weighted by Gasteiger charge is 2.05. The topological polar surface area (TPSA) is 38.9 Å². The normalized spacial score (nSPS) is 13.0. The van der Waals surface area contributed by atoms with Crippen LogP contribution in [0.25, 0.3) is 0 Å². The minimum Gasteiger partial charge on any atom is -0.330 e. The number of pyridine rings is 1. The molecule has 0 saturated carbocycles. The van der Waals surface area contributed by atoms with Crippen molar-refractivity contribution in [3.8, 4) is 0 Å². The lowest BCUT2D eigenvalue weighted by Gasteiger charge is -2.09. The fraction of sp³-hybridized carbons (Fsp3) is 0.375. The number of hydrogen-bond acceptors (Lipinski definition) is 2. The van der Waals surface area contributed by atoms with Gasteiger partial charge in [0.25, 0.3) is 0 Å².